The Balaban J connectivity index is 1.66. The lowest BCUT2D eigenvalue weighted by atomic mass is 10.3. The van der Waals surface area contributed by atoms with E-state index in [4.69, 9.17) is 4.74 Å². The van der Waals surface area contributed by atoms with Gasteiger partial charge in [-0.05, 0) is 51.6 Å². The fraction of sp³-hybridized carbons (Fsp3) is 0.471. The van der Waals surface area contributed by atoms with Crippen molar-refractivity contribution in [1.29, 1.82) is 0 Å². The second-order valence-corrected chi connectivity index (χ2v) is 5.82. The second kappa shape index (κ2) is 7.94. The third-order valence-electron chi connectivity index (χ3n) is 3.40. The SMILES string of the molecule is CC(C)n1cc(CN(C)CCCOc2ccc(F)cc2)cn1. The van der Waals surface area contributed by atoms with Gasteiger partial charge < -0.3 is 9.64 Å². The molecule has 0 aliphatic carbocycles. The monoisotopic (exact) mass is 305 g/mol. The first-order chi connectivity index (χ1) is 10.5. The van der Waals surface area contributed by atoms with Gasteiger partial charge in [-0.1, -0.05) is 0 Å². The summed E-state index contributed by atoms with van der Waals surface area (Å²) in [5.41, 5.74) is 1.22. The van der Waals surface area contributed by atoms with Crippen molar-refractivity contribution >= 4 is 0 Å². The van der Waals surface area contributed by atoms with Crippen LogP contribution >= 0.6 is 0 Å². The number of halogens is 1. The molecule has 0 radical (unpaired) electrons. The first-order valence-electron chi connectivity index (χ1n) is 7.64. The lowest BCUT2D eigenvalue weighted by Crippen LogP contribution is -2.20. The summed E-state index contributed by atoms with van der Waals surface area (Å²) >= 11 is 0. The molecule has 0 aliphatic rings. The van der Waals surface area contributed by atoms with Crippen LogP contribution in [0.1, 0.15) is 31.9 Å². The van der Waals surface area contributed by atoms with E-state index < -0.39 is 0 Å². The Kier molecular flexibility index (Phi) is 5.95. The van der Waals surface area contributed by atoms with Crippen LogP contribution in [0.2, 0.25) is 0 Å². The molecule has 0 N–H and O–H groups in total. The molecule has 0 saturated heterocycles. The third kappa shape index (κ3) is 5.15. The highest BCUT2D eigenvalue weighted by Crippen LogP contribution is 2.11. The average molecular weight is 305 g/mol. The molecule has 0 bridgehead atoms. The van der Waals surface area contributed by atoms with E-state index in [1.54, 1.807) is 12.1 Å². The van der Waals surface area contributed by atoms with E-state index in [1.165, 1.54) is 17.7 Å². The van der Waals surface area contributed by atoms with E-state index in [9.17, 15) is 4.39 Å². The zero-order chi connectivity index (χ0) is 15.9. The van der Waals surface area contributed by atoms with Crippen molar-refractivity contribution in [2.45, 2.75) is 32.9 Å². The van der Waals surface area contributed by atoms with Gasteiger partial charge in [0, 0.05) is 30.9 Å². The lowest BCUT2D eigenvalue weighted by Gasteiger charge is -2.15. The maximum absolute atomic E-state index is 12.8. The molecule has 2 rings (SSSR count). The zero-order valence-electron chi connectivity index (χ0n) is 13.5. The zero-order valence-corrected chi connectivity index (χ0v) is 13.5. The van der Waals surface area contributed by atoms with Gasteiger partial charge in [-0.2, -0.15) is 5.10 Å². The van der Waals surface area contributed by atoms with Crippen LogP contribution in [0.3, 0.4) is 0 Å². The molecule has 0 aliphatic heterocycles. The number of aromatic nitrogens is 2. The van der Waals surface area contributed by atoms with Gasteiger partial charge in [-0.3, -0.25) is 4.68 Å². The normalized spacial score (nSPS) is 11.4. The van der Waals surface area contributed by atoms with Gasteiger partial charge >= 0.3 is 0 Å². The van der Waals surface area contributed by atoms with Crippen molar-refractivity contribution in [1.82, 2.24) is 14.7 Å². The standard InChI is InChI=1S/C17H24FN3O/c1-14(2)21-13-15(11-19-21)12-20(3)9-4-10-22-17-7-5-16(18)6-8-17/h5-8,11,13-14H,4,9-10,12H2,1-3H3. The van der Waals surface area contributed by atoms with E-state index in [1.807, 2.05) is 10.9 Å². The molecule has 0 saturated carbocycles. The van der Waals surface area contributed by atoms with Gasteiger partial charge in [0.15, 0.2) is 0 Å². The van der Waals surface area contributed by atoms with Crippen molar-refractivity contribution in [3.63, 3.8) is 0 Å². The lowest BCUT2D eigenvalue weighted by molar-refractivity contribution is 0.258. The maximum atomic E-state index is 12.8. The largest absolute Gasteiger partial charge is 0.494 e. The van der Waals surface area contributed by atoms with Crippen LogP contribution in [0.25, 0.3) is 0 Å². The molecular weight excluding hydrogens is 281 g/mol. The minimum absolute atomic E-state index is 0.242. The Morgan fingerprint density at radius 1 is 1.27 bits per heavy atom. The summed E-state index contributed by atoms with van der Waals surface area (Å²) in [5, 5.41) is 4.35. The molecule has 0 unspecified atom stereocenters. The highest BCUT2D eigenvalue weighted by atomic mass is 19.1. The highest BCUT2D eigenvalue weighted by Gasteiger charge is 2.05. The minimum atomic E-state index is -0.242. The Hall–Kier alpha value is -1.88. The molecule has 0 amide bonds. The summed E-state index contributed by atoms with van der Waals surface area (Å²) in [5.74, 6) is 0.469. The van der Waals surface area contributed by atoms with Crippen LogP contribution in [0.15, 0.2) is 36.7 Å². The van der Waals surface area contributed by atoms with E-state index in [-0.39, 0.29) is 5.82 Å². The molecular formula is C17H24FN3O. The maximum Gasteiger partial charge on any atom is 0.123 e. The van der Waals surface area contributed by atoms with E-state index in [0.29, 0.717) is 18.4 Å². The summed E-state index contributed by atoms with van der Waals surface area (Å²) in [7, 11) is 2.09. The van der Waals surface area contributed by atoms with Crippen molar-refractivity contribution in [2.75, 3.05) is 20.2 Å². The molecule has 22 heavy (non-hydrogen) atoms. The molecule has 2 aromatic rings. The van der Waals surface area contributed by atoms with Crippen LogP contribution in [-0.4, -0.2) is 34.9 Å². The first kappa shape index (κ1) is 16.5. The van der Waals surface area contributed by atoms with Crippen LogP contribution in [0.5, 0.6) is 5.75 Å². The van der Waals surface area contributed by atoms with Gasteiger partial charge in [0.25, 0.3) is 0 Å². The molecule has 5 heteroatoms. The van der Waals surface area contributed by atoms with Crippen molar-refractivity contribution < 1.29 is 9.13 Å². The van der Waals surface area contributed by atoms with E-state index in [0.717, 1.165) is 19.5 Å². The number of benzene rings is 1. The summed E-state index contributed by atoms with van der Waals surface area (Å²) in [6, 6.07) is 6.52. The average Bonchev–Trinajstić information content (AvgIpc) is 2.94. The van der Waals surface area contributed by atoms with Gasteiger partial charge in [0.2, 0.25) is 0 Å². The van der Waals surface area contributed by atoms with E-state index in [2.05, 4.69) is 37.1 Å². The summed E-state index contributed by atoms with van der Waals surface area (Å²) in [6.45, 7) is 6.68. The van der Waals surface area contributed by atoms with Crippen LogP contribution < -0.4 is 4.74 Å². The molecule has 0 spiro atoms. The minimum Gasteiger partial charge on any atom is -0.494 e. The molecule has 1 heterocycles. The second-order valence-electron chi connectivity index (χ2n) is 5.82. The molecule has 1 aromatic carbocycles. The number of ether oxygens (including phenoxy) is 1. The van der Waals surface area contributed by atoms with Crippen molar-refractivity contribution in [3.05, 3.63) is 48.0 Å². The van der Waals surface area contributed by atoms with Gasteiger partial charge in [0.05, 0.1) is 12.8 Å². The van der Waals surface area contributed by atoms with Crippen LogP contribution in [0, 0.1) is 5.82 Å². The number of nitrogens with zero attached hydrogens (tertiary/aromatic N) is 3. The molecule has 0 atom stereocenters. The van der Waals surface area contributed by atoms with Gasteiger partial charge in [0.1, 0.15) is 11.6 Å². The predicted molar refractivity (Wildman–Crippen MR) is 85.5 cm³/mol. The fourth-order valence-corrected chi connectivity index (χ4v) is 2.19. The van der Waals surface area contributed by atoms with Crippen LogP contribution in [0.4, 0.5) is 4.39 Å². The Labute approximate surface area is 131 Å². The quantitative estimate of drug-likeness (QED) is 0.699. The Morgan fingerprint density at radius 3 is 2.64 bits per heavy atom. The summed E-state index contributed by atoms with van der Waals surface area (Å²) in [4.78, 5) is 2.25. The predicted octanol–water partition coefficient (Wildman–Crippen LogP) is 3.50. The number of hydrogen-bond donors (Lipinski definition) is 0. The third-order valence-corrected chi connectivity index (χ3v) is 3.40. The van der Waals surface area contributed by atoms with Crippen molar-refractivity contribution in [3.8, 4) is 5.75 Å². The van der Waals surface area contributed by atoms with Gasteiger partial charge in [-0.25, -0.2) is 4.39 Å². The molecule has 4 nitrogen and oxygen atoms in total. The summed E-state index contributed by atoms with van der Waals surface area (Å²) < 4.78 is 20.3. The summed E-state index contributed by atoms with van der Waals surface area (Å²) in [6.07, 6.45) is 4.94. The molecule has 1 aromatic heterocycles. The van der Waals surface area contributed by atoms with E-state index >= 15 is 0 Å². The Bertz CT molecular complexity index is 566. The van der Waals surface area contributed by atoms with Crippen LogP contribution in [-0.2, 0) is 6.54 Å². The molecule has 120 valence electrons. The van der Waals surface area contributed by atoms with Crippen molar-refractivity contribution in [2.24, 2.45) is 0 Å². The Morgan fingerprint density at radius 2 is 2.00 bits per heavy atom. The molecule has 0 fully saturated rings. The number of hydrogen-bond acceptors (Lipinski definition) is 3. The highest BCUT2D eigenvalue weighted by molar-refractivity contribution is 5.21. The first-order valence-corrected chi connectivity index (χ1v) is 7.64. The topological polar surface area (TPSA) is 30.3 Å². The van der Waals surface area contributed by atoms with Gasteiger partial charge in [-0.15, -0.1) is 0 Å². The fourth-order valence-electron chi connectivity index (χ4n) is 2.19. The smallest absolute Gasteiger partial charge is 0.123 e. The number of rotatable bonds is 8.